The number of hydrogen-bond acceptors (Lipinski definition) is 1. The SMILES string of the molecule is CCNCc1c(Br)cc(F)c(F)c1F. The molecule has 0 radical (unpaired) electrons. The van der Waals surface area contributed by atoms with Crippen molar-refractivity contribution in [2.24, 2.45) is 0 Å². The first-order chi connectivity index (χ1) is 6.57. The summed E-state index contributed by atoms with van der Waals surface area (Å²) in [5, 5.41) is 2.83. The van der Waals surface area contributed by atoms with E-state index in [1.54, 1.807) is 0 Å². The average Bonchev–Trinajstić information content (AvgIpc) is 2.14. The van der Waals surface area contributed by atoms with Crippen LogP contribution >= 0.6 is 15.9 Å². The van der Waals surface area contributed by atoms with Crippen molar-refractivity contribution in [3.05, 3.63) is 33.6 Å². The Labute approximate surface area is 88.4 Å². The molecule has 0 aliphatic rings. The van der Waals surface area contributed by atoms with Gasteiger partial charge in [0.2, 0.25) is 0 Å². The normalized spacial score (nSPS) is 10.6. The molecule has 0 spiro atoms. The van der Waals surface area contributed by atoms with E-state index in [0.717, 1.165) is 6.07 Å². The fourth-order valence-electron chi connectivity index (χ4n) is 1.02. The van der Waals surface area contributed by atoms with Gasteiger partial charge in [0.05, 0.1) is 0 Å². The van der Waals surface area contributed by atoms with Crippen molar-refractivity contribution in [2.75, 3.05) is 6.54 Å². The van der Waals surface area contributed by atoms with Gasteiger partial charge in [-0.15, -0.1) is 0 Å². The standard InChI is InChI=1S/C9H9BrF3N/c1-2-14-4-5-6(10)3-7(11)9(13)8(5)12/h3,14H,2,4H2,1H3. The van der Waals surface area contributed by atoms with Gasteiger partial charge in [-0.2, -0.15) is 0 Å². The Hall–Kier alpha value is -0.550. The lowest BCUT2D eigenvalue weighted by molar-refractivity contribution is 0.437. The van der Waals surface area contributed by atoms with Gasteiger partial charge in [0.1, 0.15) is 0 Å². The molecule has 0 fully saturated rings. The zero-order chi connectivity index (χ0) is 10.7. The second-order valence-corrected chi connectivity index (χ2v) is 3.58. The summed E-state index contributed by atoms with van der Waals surface area (Å²) < 4.78 is 38.9. The molecule has 0 heterocycles. The molecule has 1 aromatic rings. The minimum absolute atomic E-state index is 0.103. The van der Waals surface area contributed by atoms with Crippen molar-refractivity contribution in [2.45, 2.75) is 13.5 Å². The van der Waals surface area contributed by atoms with Crippen LogP contribution in [0.15, 0.2) is 10.5 Å². The minimum Gasteiger partial charge on any atom is -0.313 e. The van der Waals surface area contributed by atoms with Crippen LogP contribution in [-0.4, -0.2) is 6.54 Å². The van der Waals surface area contributed by atoms with Crippen LogP contribution in [0.3, 0.4) is 0 Å². The van der Waals surface area contributed by atoms with Crippen LogP contribution in [0.1, 0.15) is 12.5 Å². The third-order valence-electron chi connectivity index (χ3n) is 1.76. The molecule has 0 aromatic heterocycles. The van der Waals surface area contributed by atoms with Crippen molar-refractivity contribution in [3.63, 3.8) is 0 Å². The molecular weight excluding hydrogens is 259 g/mol. The van der Waals surface area contributed by atoms with E-state index in [1.807, 2.05) is 6.92 Å². The Balaban J connectivity index is 3.09. The van der Waals surface area contributed by atoms with E-state index in [-0.39, 0.29) is 16.6 Å². The zero-order valence-electron chi connectivity index (χ0n) is 7.50. The van der Waals surface area contributed by atoms with Gasteiger partial charge in [-0.25, -0.2) is 13.2 Å². The highest BCUT2D eigenvalue weighted by Crippen LogP contribution is 2.24. The Morgan fingerprint density at radius 2 is 1.93 bits per heavy atom. The highest BCUT2D eigenvalue weighted by Gasteiger charge is 2.16. The van der Waals surface area contributed by atoms with E-state index >= 15 is 0 Å². The van der Waals surface area contributed by atoms with Gasteiger partial charge in [-0.1, -0.05) is 22.9 Å². The van der Waals surface area contributed by atoms with Crippen molar-refractivity contribution in [1.82, 2.24) is 5.32 Å². The van der Waals surface area contributed by atoms with Crippen LogP contribution in [-0.2, 0) is 6.54 Å². The fraction of sp³-hybridized carbons (Fsp3) is 0.333. The zero-order valence-corrected chi connectivity index (χ0v) is 9.09. The monoisotopic (exact) mass is 267 g/mol. The van der Waals surface area contributed by atoms with Gasteiger partial charge < -0.3 is 5.32 Å². The average molecular weight is 268 g/mol. The lowest BCUT2D eigenvalue weighted by Crippen LogP contribution is -2.14. The van der Waals surface area contributed by atoms with Gasteiger partial charge in [-0.3, -0.25) is 0 Å². The summed E-state index contributed by atoms with van der Waals surface area (Å²) in [5.74, 6) is -3.76. The maximum Gasteiger partial charge on any atom is 0.194 e. The largest absolute Gasteiger partial charge is 0.313 e. The van der Waals surface area contributed by atoms with E-state index in [2.05, 4.69) is 21.2 Å². The van der Waals surface area contributed by atoms with Gasteiger partial charge in [0.15, 0.2) is 17.5 Å². The molecule has 0 bridgehead atoms. The van der Waals surface area contributed by atoms with E-state index in [4.69, 9.17) is 0 Å². The van der Waals surface area contributed by atoms with Crippen LogP contribution in [0.4, 0.5) is 13.2 Å². The molecule has 1 nitrogen and oxygen atoms in total. The van der Waals surface area contributed by atoms with E-state index in [9.17, 15) is 13.2 Å². The Bertz CT molecular complexity index is 341. The summed E-state index contributed by atoms with van der Waals surface area (Å²) in [4.78, 5) is 0. The van der Waals surface area contributed by atoms with Crippen molar-refractivity contribution >= 4 is 15.9 Å². The number of hydrogen-bond donors (Lipinski definition) is 1. The van der Waals surface area contributed by atoms with Gasteiger partial charge in [-0.05, 0) is 12.6 Å². The topological polar surface area (TPSA) is 12.0 Å². The van der Waals surface area contributed by atoms with Crippen LogP contribution in [0.25, 0.3) is 0 Å². The molecule has 14 heavy (non-hydrogen) atoms. The molecule has 0 saturated heterocycles. The number of rotatable bonds is 3. The molecule has 1 N–H and O–H groups in total. The third kappa shape index (κ3) is 2.27. The maximum absolute atomic E-state index is 13.2. The summed E-state index contributed by atoms with van der Waals surface area (Å²) in [7, 11) is 0. The molecule has 0 aliphatic heterocycles. The number of halogens is 4. The second kappa shape index (κ2) is 4.79. The first-order valence-corrected chi connectivity index (χ1v) is 4.89. The molecule has 0 unspecified atom stereocenters. The van der Waals surface area contributed by atoms with Crippen LogP contribution < -0.4 is 5.32 Å². The fourth-order valence-corrected chi connectivity index (χ4v) is 1.53. The van der Waals surface area contributed by atoms with Crippen molar-refractivity contribution in [3.8, 4) is 0 Å². The predicted molar refractivity (Wildman–Crippen MR) is 51.4 cm³/mol. The van der Waals surface area contributed by atoms with Gasteiger partial charge in [0.25, 0.3) is 0 Å². The molecule has 5 heteroatoms. The maximum atomic E-state index is 13.2. The quantitative estimate of drug-likeness (QED) is 0.656. The summed E-state index contributed by atoms with van der Waals surface area (Å²) in [6.45, 7) is 2.64. The Morgan fingerprint density at radius 3 is 2.50 bits per heavy atom. The van der Waals surface area contributed by atoms with E-state index in [1.165, 1.54) is 0 Å². The number of benzene rings is 1. The predicted octanol–water partition coefficient (Wildman–Crippen LogP) is 2.98. The van der Waals surface area contributed by atoms with Crippen molar-refractivity contribution in [1.29, 1.82) is 0 Å². The highest BCUT2D eigenvalue weighted by molar-refractivity contribution is 9.10. The molecule has 1 aromatic carbocycles. The molecule has 0 saturated carbocycles. The van der Waals surface area contributed by atoms with E-state index in [0.29, 0.717) is 6.54 Å². The minimum atomic E-state index is -1.43. The van der Waals surface area contributed by atoms with Gasteiger partial charge in [0, 0.05) is 16.6 Å². The first-order valence-electron chi connectivity index (χ1n) is 4.10. The summed E-state index contributed by atoms with van der Waals surface area (Å²) in [6, 6.07) is 0.922. The summed E-state index contributed by atoms with van der Waals surface area (Å²) in [5.41, 5.74) is 0.103. The lowest BCUT2D eigenvalue weighted by atomic mass is 10.2. The van der Waals surface area contributed by atoms with Gasteiger partial charge >= 0.3 is 0 Å². The summed E-state index contributed by atoms with van der Waals surface area (Å²) >= 11 is 2.98. The Kier molecular flexibility index (Phi) is 3.95. The second-order valence-electron chi connectivity index (χ2n) is 2.73. The molecule has 0 amide bonds. The van der Waals surface area contributed by atoms with Crippen LogP contribution in [0.5, 0.6) is 0 Å². The molecule has 0 atom stereocenters. The molecule has 78 valence electrons. The van der Waals surface area contributed by atoms with Crippen LogP contribution in [0.2, 0.25) is 0 Å². The molecule has 1 rings (SSSR count). The van der Waals surface area contributed by atoms with Crippen molar-refractivity contribution < 1.29 is 13.2 Å². The first kappa shape index (κ1) is 11.5. The summed E-state index contributed by atoms with van der Waals surface area (Å²) in [6.07, 6.45) is 0. The highest BCUT2D eigenvalue weighted by atomic mass is 79.9. The molecule has 0 aliphatic carbocycles. The molecular formula is C9H9BrF3N. The third-order valence-corrected chi connectivity index (χ3v) is 2.47. The smallest absolute Gasteiger partial charge is 0.194 e. The van der Waals surface area contributed by atoms with E-state index < -0.39 is 17.5 Å². The Morgan fingerprint density at radius 1 is 1.29 bits per heavy atom. The van der Waals surface area contributed by atoms with Crippen LogP contribution in [0, 0.1) is 17.5 Å². The number of nitrogens with one attached hydrogen (secondary N) is 1. The lowest BCUT2D eigenvalue weighted by Gasteiger charge is -2.07.